The first-order valence-corrected chi connectivity index (χ1v) is 14.0. The Labute approximate surface area is 233 Å². The normalized spacial score (nSPS) is 14.0. The van der Waals surface area contributed by atoms with Gasteiger partial charge in [0.05, 0.1) is 13.7 Å². The summed E-state index contributed by atoms with van der Waals surface area (Å²) in [5.74, 6) is -1.43. The molecule has 220 valence electrons. The molecule has 0 aliphatic heterocycles. The average Bonchev–Trinajstić information content (AvgIpc) is 2.89. The number of esters is 4. The van der Waals surface area contributed by atoms with Gasteiger partial charge in [0.25, 0.3) is 0 Å². The molecule has 1 aromatic carbocycles. The number of methoxy groups -OCH3 is 1. The fraction of sp³-hybridized carbons (Fsp3) is 0.667. The summed E-state index contributed by atoms with van der Waals surface area (Å²) in [5, 5.41) is 0. The minimum Gasteiger partial charge on any atom is -0.468 e. The Kier molecular flexibility index (Phi) is 15.4. The predicted octanol–water partition coefficient (Wildman–Crippen LogP) is 5.30. The lowest BCUT2D eigenvalue weighted by molar-refractivity contribution is -0.151. The molecule has 39 heavy (non-hydrogen) atoms. The average molecular weight is 550 g/mol. The van der Waals surface area contributed by atoms with Gasteiger partial charge >= 0.3 is 23.9 Å². The van der Waals surface area contributed by atoms with Crippen molar-refractivity contribution in [3.05, 3.63) is 23.8 Å². The lowest BCUT2D eigenvalue weighted by Gasteiger charge is -2.27. The van der Waals surface area contributed by atoms with Gasteiger partial charge in [-0.25, -0.2) is 0 Å². The molecule has 0 aromatic heterocycles. The number of nitrogens with two attached hydrogens (primary N) is 1. The van der Waals surface area contributed by atoms with Crippen LogP contribution in [0.4, 0.5) is 0 Å². The highest BCUT2D eigenvalue weighted by Crippen LogP contribution is 2.32. The monoisotopic (exact) mass is 549 g/mol. The van der Waals surface area contributed by atoms with Gasteiger partial charge in [0.1, 0.15) is 5.54 Å². The number of carbonyl (C=O) groups is 4. The number of carbonyl (C=O) groups excluding carboxylic acids is 4. The van der Waals surface area contributed by atoms with Crippen LogP contribution in [0.1, 0.15) is 98.0 Å². The Morgan fingerprint density at radius 2 is 1.46 bits per heavy atom. The molecule has 2 unspecified atom stereocenters. The molecule has 0 aliphatic carbocycles. The topological polar surface area (TPSA) is 131 Å². The summed E-state index contributed by atoms with van der Waals surface area (Å²) in [6, 6.07) is 4.72. The third-order valence-electron chi connectivity index (χ3n) is 6.79. The zero-order valence-electron chi connectivity index (χ0n) is 24.5. The van der Waals surface area contributed by atoms with Crippen LogP contribution in [0.3, 0.4) is 0 Å². The fourth-order valence-electron chi connectivity index (χ4n) is 3.78. The first-order valence-electron chi connectivity index (χ1n) is 14.0. The van der Waals surface area contributed by atoms with Gasteiger partial charge in [-0.1, -0.05) is 66.4 Å². The minimum absolute atomic E-state index is 0.0179. The van der Waals surface area contributed by atoms with Gasteiger partial charge in [0, 0.05) is 32.1 Å². The number of benzene rings is 1. The molecule has 0 fully saturated rings. The standard InChI is InChI=1S/C30H47NO8/c1-7-10-11-12-26(32)37-16-15-30(31,29(35)36-6)20-23-13-14-24(38-27(33)17-21(4)8-2)25(19-23)39-28(34)18-22(5)9-3/h13-14,19,21-22H,7-12,15-18,20,31H2,1-6H3/t21?,22?,30-/m1/s1. The molecule has 3 atom stereocenters. The molecule has 2 N–H and O–H groups in total. The Morgan fingerprint density at radius 1 is 0.872 bits per heavy atom. The summed E-state index contributed by atoms with van der Waals surface area (Å²) in [4.78, 5) is 49.7. The molecule has 0 bridgehead atoms. The van der Waals surface area contributed by atoms with Crippen molar-refractivity contribution in [2.75, 3.05) is 13.7 Å². The van der Waals surface area contributed by atoms with Crippen LogP contribution in [-0.2, 0) is 35.1 Å². The van der Waals surface area contributed by atoms with Crippen molar-refractivity contribution in [1.82, 2.24) is 0 Å². The van der Waals surface area contributed by atoms with Crippen LogP contribution < -0.4 is 15.2 Å². The zero-order valence-corrected chi connectivity index (χ0v) is 24.5. The summed E-state index contributed by atoms with van der Waals surface area (Å²) in [6.45, 7) is 9.87. The Hall–Kier alpha value is -2.94. The molecule has 1 rings (SSSR count). The quantitative estimate of drug-likeness (QED) is 0.147. The molecule has 0 heterocycles. The van der Waals surface area contributed by atoms with Gasteiger partial charge in [0.15, 0.2) is 11.5 Å². The van der Waals surface area contributed by atoms with Gasteiger partial charge in [-0.2, -0.15) is 0 Å². The van der Waals surface area contributed by atoms with E-state index in [4.69, 9.17) is 24.7 Å². The molecule has 0 amide bonds. The van der Waals surface area contributed by atoms with Crippen molar-refractivity contribution in [3.63, 3.8) is 0 Å². The fourth-order valence-corrected chi connectivity index (χ4v) is 3.78. The van der Waals surface area contributed by atoms with E-state index >= 15 is 0 Å². The second-order valence-electron chi connectivity index (χ2n) is 10.4. The van der Waals surface area contributed by atoms with E-state index < -0.39 is 23.4 Å². The van der Waals surface area contributed by atoms with Crippen LogP contribution in [0.5, 0.6) is 11.5 Å². The van der Waals surface area contributed by atoms with Crippen molar-refractivity contribution in [3.8, 4) is 11.5 Å². The van der Waals surface area contributed by atoms with E-state index in [1.165, 1.54) is 13.2 Å². The summed E-state index contributed by atoms with van der Waals surface area (Å²) in [6.07, 6.45) is 5.10. The largest absolute Gasteiger partial charge is 0.468 e. The Bertz CT molecular complexity index is 947. The number of ether oxygens (including phenoxy) is 4. The van der Waals surface area contributed by atoms with Gasteiger partial charge in [-0.3, -0.25) is 19.2 Å². The van der Waals surface area contributed by atoms with Crippen molar-refractivity contribution < 1.29 is 38.1 Å². The summed E-state index contributed by atoms with van der Waals surface area (Å²) >= 11 is 0. The highest BCUT2D eigenvalue weighted by atomic mass is 16.6. The van der Waals surface area contributed by atoms with E-state index in [1.54, 1.807) is 12.1 Å². The molecule has 0 radical (unpaired) electrons. The van der Waals surface area contributed by atoms with E-state index in [9.17, 15) is 19.2 Å². The van der Waals surface area contributed by atoms with Gasteiger partial charge in [-0.05, 0) is 36.0 Å². The maximum atomic E-state index is 12.6. The highest BCUT2D eigenvalue weighted by molar-refractivity contribution is 5.81. The SMILES string of the molecule is CCCCCC(=O)OCC[C@@](N)(Cc1ccc(OC(=O)CC(C)CC)c(OC(=O)CC(C)CC)c1)C(=O)OC. The van der Waals surface area contributed by atoms with Gasteiger partial charge in [-0.15, -0.1) is 0 Å². The summed E-state index contributed by atoms with van der Waals surface area (Å²) in [5.41, 5.74) is 5.52. The first-order chi connectivity index (χ1) is 18.5. The molecule has 9 heteroatoms. The van der Waals surface area contributed by atoms with Crippen LogP contribution in [0, 0.1) is 11.8 Å². The van der Waals surface area contributed by atoms with E-state index in [0.717, 1.165) is 32.1 Å². The Morgan fingerprint density at radius 3 is 2.00 bits per heavy atom. The summed E-state index contributed by atoms with van der Waals surface area (Å²) < 4.78 is 21.4. The summed E-state index contributed by atoms with van der Waals surface area (Å²) in [7, 11) is 1.24. The van der Waals surface area contributed by atoms with E-state index in [-0.39, 0.29) is 61.6 Å². The third kappa shape index (κ3) is 12.6. The number of unbranched alkanes of at least 4 members (excludes halogenated alkanes) is 2. The molecule has 1 aromatic rings. The third-order valence-corrected chi connectivity index (χ3v) is 6.79. The van der Waals surface area contributed by atoms with Crippen LogP contribution in [0.15, 0.2) is 18.2 Å². The van der Waals surface area contributed by atoms with E-state index in [0.29, 0.717) is 12.0 Å². The predicted molar refractivity (Wildman–Crippen MR) is 148 cm³/mol. The van der Waals surface area contributed by atoms with Crippen LogP contribution >= 0.6 is 0 Å². The van der Waals surface area contributed by atoms with E-state index in [2.05, 4.69) is 0 Å². The van der Waals surface area contributed by atoms with Crippen LogP contribution in [-0.4, -0.2) is 43.1 Å². The minimum atomic E-state index is -1.49. The molecule has 0 aliphatic rings. The maximum Gasteiger partial charge on any atom is 0.326 e. The molecule has 0 saturated carbocycles. The Balaban J connectivity index is 3.13. The molecule has 0 spiro atoms. The van der Waals surface area contributed by atoms with Crippen molar-refractivity contribution in [2.45, 2.75) is 104 Å². The smallest absolute Gasteiger partial charge is 0.326 e. The van der Waals surface area contributed by atoms with Crippen molar-refractivity contribution in [1.29, 1.82) is 0 Å². The zero-order chi connectivity index (χ0) is 29.4. The highest BCUT2D eigenvalue weighted by Gasteiger charge is 2.36. The second kappa shape index (κ2) is 17.6. The van der Waals surface area contributed by atoms with Crippen LogP contribution in [0.25, 0.3) is 0 Å². The maximum absolute atomic E-state index is 12.6. The number of hydrogen-bond donors (Lipinski definition) is 1. The lowest BCUT2D eigenvalue weighted by Crippen LogP contribution is -2.51. The first kappa shape index (κ1) is 34.1. The number of hydrogen-bond acceptors (Lipinski definition) is 9. The molecule has 0 saturated heterocycles. The van der Waals surface area contributed by atoms with Crippen molar-refractivity contribution in [2.24, 2.45) is 17.6 Å². The van der Waals surface area contributed by atoms with Crippen LogP contribution in [0.2, 0.25) is 0 Å². The molecular weight excluding hydrogens is 502 g/mol. The van der Waals surface area contributed by atoms with Gasteiger partial charge in [0.2, 0.25) is 0 Å². The second-order valence-corrected chi connectivity index (χ2v) is 10.4. The molecule has 9 nitrogen and oxygen atoms in total. The van der Waals surface area contributed by atoms with E-state index in [1.807, 2.05) is 34.6 Å². The van der Waals surface area contributed by atoms with Crippen molar-refractivity contribution >= 4 is 23.9 Å². The number of rotatable bonds is 18. The van der Waals surface area contributed by atoms with Gasteiger partial charge < -0.3 is 24.7 Å². The molecular formula is C30H47NO8. The lowest BCUT2D eigenvalue weighted by atomic mass is 9.88.